The van der Waals surface area contributed by atoms with E-state index in [0.29, 0.717) is 22.8 Å². The Morgan fingerprint density at radius 1 is 0.596 bits per heavy atom. The van der Waals surface area contributed by atoms with Gasteiger partial charge in [0.2, 0.25) is 0 Å². The van der Waals surface area contributed by atoms with Gasteiger partial charge in [0, 0.05) is 74.5 Å². The summed E-state index contributed by atoms with van der Waals surface area (Å²) < 4.78 is 16.2. The van der Waals surface area contributed by atoms with Crippen LogP contribution in [-0.4, -0.2) is 40.3 Å². The molecule has 0 radical (unpaired) electrons. The molecule has 9 heteroatoms. The van der Waals surface area contributed by atoms with Crippen LogP contribution < -0.4 is 0 Å². The molecule has 0 unspecified atom stereocenters. The number of hydrogen-bond acceptors (Lipinski definition) is 6. The van der Waals surface area contributed by atoms with Crippen LogP contribution in [0.1, 0.15) is 29.9 Å². The number of aromatic nitrogens is 8. The van der Waals surface area contributed by atoms with Gasteiger partial charge in [-0.2, -0.15) is 10.2 Å². The number of fused-ring (bicyclic) bond motifs is 2. The van der Waals surface area contributed by atoms with Crippen molar-refractivity contribution in [2.45, 2.75) is 25.7 Å². The van der Waals surface area contributed by atoms with E-state index >= 15 is 4.39 Å². The highest BCUT2D eigenvalue weighted by Gasteiger charge is 2.24. The molecule has 8 aromatic rings. The standard InChI is InChI=1S/C38H27FN8/c1-21-10-33(36-30(6-3-9-40-36)25-12-28-19-44-46-37(28)42-17-25)34(39)15-31(21)27-14-32(26-13-29-20-45-47-38(29)43-18-26)35(41-16-27)24-5-2-4-23(11-24)22-7-8-22/h2-6,9-20,22H,7-8H2,1H3,(H,42,44,46)(H,43,45,47). The second-order valence-corrected chi connectivity index (χ2v) is 12.1. The quantitative estimate of drug-likeness (QED) is 0.194. The van der Waals surface area contributed by atoms with Gasteiger partial charge in [-0.3, -0.25) is 20.2 Å². The summed E-state index contributed by atoms with van der Waals surface area (Å²) in [6.07, 6.45) is 13.1. The molecule has 0 bridgehead atoms. The van der Waals surface area contributed by atoms with Crippen molar-refractivity contribution in [3.63, 3.8) is 0 Å². The van der Waals surface area contributed by atoms with Crippen molar-refractivity contribution in [3.05, 3.63) is 121 Å². The molecule has 0 amide bonds. The molecular formula is C38H27FN8. The van der Waals surface area contributed by atoms with Gasteiger partial charge < -0.3 is 0 Å². The van der Waals surface area contributed by atoms with Crippen LogP contribution in [0.4, 0.5) is 4.39 Å². The van der Waals surface area contributed by atoms with Gasteiger partial charge in [0.15, 0.2) is 11.3 Å². The molecule has 0 atom stereocenters. The van der Waals surface area contributed by atoms with Crippen molar-refractivity contribution in [1.29, 1.82) is 0 Å². The summed E-state index contributed by atoms with van der Waals surface area (Å²) in [4.78, 5) is 18.7. The number of rotatable bonds is 6. The number of aromatic amines is 2. The van der Waals surface area contributed by atoms with Crippen molar-refractivity contribution in [2.24, 2.45) is 0 Å². The number of nitrogens with one attached hydrogen (secondary N) is 2. The largest absolute Gasteiger partial charge is 0.261 e. The number of H-pyrrole nitrogens is 2. The molecule has 2 aromatic carbocycles. The van der Waals surface area contributed by atoms with Gasteiger partial charge in [-0.15, -0.1) is 0 Å². The zero-order valence-corrected chi connectivity index (χ0v) is 25.4. The molecule has 6 heterocycles. The van der Waals surface area contributed by atoms with Crippen molar-refractivity contribution in [2.75, 3.05) is 0 Å². The summed E-state index contributed by atoms with van der Waals surface area (Å²) in [6.45, 7) is 1.99. The van der Waals surface area contributed by atoms with Crippen LogP contribution in [0, 0.1) is 12.7 Å². The van der Waals surface area contributed by atoms with E-state index in [1.807, 2.05) is 43.6 Å². The average molecular weight is 615 g/mol. The van der Waals surface area contributed by atoms with E-state index in [4.69, 9.17) is 4.98 Å². The molecule has 2 N–H and O–H groups in total. The van der Waals surface area contributed by atoms with Crippen molar-refractivity contribution in [1.82, 2.24) is 40.3 Å². The lowest BCUT2D eigenvalue weighted by Crippen LogP contribution is -1.97. The number of benzene rings is 2. The number of hydrogen-bond donors (Lipinski definition) is 2. The molecule has 1 fully saturated rings. The molecule has 0 saturated heterocycles. The molecule has 0 spiro atoms. The minimum atomic E-state index is -0.368. The van der Waals surface area contributed by atoms with Crippen LogP contribution in [0.25, 0.3) is 78.0 Å². The Hall–Kier alpha value is -6.09. The van der Waals surface area contributed by atoms with Gasteiger partial charge >= 0.3 is 0 Å². The smallest absolute Gasteiger partial charge is 0.155 e. The number of aryl methyl sites for hydroxylation is 1. The predicted octanol–water partition coefficient (Wildman–Crippen LogP) is 8.68. The van der Waals surface area contributed by atoms with Gasteiger partial charge in [-0.1, -0.05) is 24.3 Å². The van der Waals surface area contributed by atoms with Crippen LogP contribution in [0.15, 0.2) is 104 Å². The summed E-state index contributed by atoms with van der Waals surface area (Å²) in [7, 11) is 0. The van der Waals surface area contributed by atoms with Crippen molar-refractivity contribution >= 4 is 22.1 Å². The average Bonchev–Trinajstić information content (AvgIpc) is 3.67. The SMILES string of the molecule is Cc1cc(-c2ncccc2-c2cnc3[nH]ncc3c2)c(F)cc1-c1cnc(-c2cccc(C3CC3)c2)c(-c2cnc3[nH]ncc3c2)c1. The zero-order valence-electron chi connectivity index (χ0n) is 25.4. The molecule has 1 saturated carbocycles. The van der Waals surface area contributed by atoms with E-state index in [2.05, 4.69) is 71.7 Å². The third-order valence-electron chi connectivity index (χ3n) is 8.99. The lowest BCUT2D eigenvalue weighted by Gasteiger charge is -2.16. The first-order valence-corrected chi connectivity index (χ1v) is 15.5. The van der Waals surface area contributed by atoms with Crippen LogP contribution in [0.3, 0.4) is 0 Å². The molecule has 1 aliphatic rings. The van der Waals surface area contributed by atoms with Crippen molar-refractivity contribution < 1.29 is 4.39 Å². The van der Waals surface area contributed by atoms with Gasteiger partial charge in [0.25, 0.3) is 0 Å². The van der Waals surface area contributed by atoms with E-state index < -0.39 is 0 Å². The topological polar surface area (TPSA) is 109 Å². The van der Waals surface area contributed by atoms with E-state index in [1.165, 1.54) is 18.4 Å². The Kier molecular flexibility index (Phi) is 6.24. The van der Waals surface area contributed by atoms with E-state index in [-0.39, 0.29) is 5.82 Å². The summed E-state index contributed by atoms with van der Waals surface area (Å²) in [5.41, 5.74) is 11.6. The summed E-state index contributed by atoms with van der Waals surface area (Å²) in [5, 5.41) is 15.8. The van der Waals surface area contributed by atoms with Gasteiger partial charge in [0.05, 0.1) is 23.8 Å². The highest BCUT2D eigenvalue weighted by Crippen LogP contribution is 2.43. The number of pyridine rings is 4. The maximum atomic E-state index is 16.2. The molecule has 6 aromatic heterocycles. The summed E-state index contributed by atoms with van der Waals surface area (Å²) >= 11 is 0. The Morgan fingerprint density at radius 3 is 2.04 bits per heavy atom. The fourth-order valence-corrected chi connectivity index (χ4v) is 6.41. The van der Waals surface area contributed by atoms with E-state index in [1.54, 1.807) is 30.9 Å². The maximum Gasteiger partial charge on any atom is 0.155 e. The zero-order chi connectivity index (χ0) is 31.5. The first-order chi connectivity index (χ1) is 23.1. The normalized spacial score (nSPS) is 13.1. The Bertz CT molecular complexity index is 2470. The molecule has 226 valence electrons. The number of nitrogens with zero attached hydrogens (tertiary/aromatic N) is 6. The maximum absolute atomic E-state index is 16.2. The monoisotopic (exact) mass is 614 g/mol. The Morgan fingerprint density at radius 2 is 1.30 bits per heavy atom. The van der Waals surface area contributed by atoms with Gasteiger partial charge in [0.1, 0.15) is 5.82 Å². The first-order valence-electron chi connectivity index (χ1n) is 15.5. The van der Waals surface area contributed by atoms with E-state index in [0.717, 1.165) is 66.6 Å². The predicted molar refractivity (Wildman–Crippen MR) is 181 cm³/mol. The molecule has 47 heavy (non-hydrogen) atoms. The third-order valence-corrected chi connectivity index (χ3v) is 8.99. The second-order valence-electron chi connectivity index (χ2n) is 12.1. The van der Waals surface area contributed by atoms with Crippen LogP contribution in [-0.2, 0) is 0 Å². The highest BCUT2D eigenvalue weighted by molar-refractivity contribution is 5.90. The Labute approximate surface area is 268 Å². The molecule has 9 rings (SSSR count). The molecule has 1 aliphatic carbocycles. The first kappa shape index (κ1) is 27.2. The molecular weight excluding hydrogens is 587 g/mol. The lowest BCUT2D eigenvalue weighted by atomic mass is 9.92. The van der Waals surface area contributed by atoms with Gasteiger partial charge in [-0.25, -0.2) is 14.4 Å². The molecule has 0 aliphatic heterocycles. The number of halogens is 1. The van der Waals surface area contributed by atoms with Crippen LogP contribution in [0.2, 0.25) is 0 Å². The summed E-state index contributed by atoms with van der Waals surface area (Å²) in [6, 6.07) is 22.0. The molecule has 8 nitrogen and oxygen atoms in total. The Balaban J connectivity index is 1.16. The van der Waals surface area contributed by atoms with Crippen molar-refractivity contribution in [3.8, 4) is 55.9 Å². The van der Waals surface area contributed by atoms with Gasteiger partial charge in [-0.05, 0) is 84.8 Å². The minimum Gasteiger partial charge on any atom is -0.261 e. The second kappa shape index (κ2) is 10.8. The van der Waals surface area contributed by atoms with E-state index in [9.17, 15) is 0 Å². The van der Waals surface area contributed by atoms with Crippen LogP contribution in [0.5, 0.6) is 0 Å². The summed E-state index contributed by atoms with van der Waals surface area (Å²) in [5.74, 6) is 0.252. The third kappa shape index (κ3) is 4.84. The lowest BCUT2D eigenvalue weighted by molar-refractivity contribution is 0.631. The highest BCUT2D eigenvalue weighted by atomic mass is 19.1. The van der Waals surface area contributed by atoms with Crippen LogP contribution >= 0.6 is 0 Å². The fraction of sp³-hybridized carbons (Fsp3) is 0.105. The minimum absolute atomic E-state index is 0.368. The fourth-order valence-electron chi connectivity index (χ4n) is 6.41.